The van der Waals surface area contributed by atoms with Gasteiger partial charge >= 0.3 is 0 Å². The van der Waals surface area contributed by atoms with Gasteiger partial charge in [0.05, 0.1) is 12.5 Å². The van der Waals surface area contributed by atoms with Crippen LogP contribution in [-0.4, -0.2) is 18.0 Å². The number of para-hydroxylation sites is 1. The number of aryl methyl sites for hydroxylation is 1. The van der Waals surface area contributed by atoms with E-state index >= 15 is 0 Å². The maximum absolute atomic E-state index is 13.0. The van der Waals surface area contributed by atoms with E-state index < -0.39 is 5.41 Å². The largest absolute Gasteiger partial charge is 0.497 e. The Bertz CT molecular complexity index is 922. The van der Waals surface area contributed by atoms with Gasteiger partial charge in [0.25, 0.3) is 0 Å². The summed E-state index contributed by atoms with van der Waals surface area (Å²) in [6.07, 6.45) is 1.76. The van der Waals surface area contributed by atoms with E-state index in [2.05, 4.69) is 22.4 Å². The van der Waals surface area contributed by atoms with E-state index in [1.165, 1.54) is 0 Å². The molecule has 2 aromatic carbocycles. The Labute approximate surface area is 140 Å². The second-order valence-electron chi connectivity index (χ2n) is 6.44. The normalized spacial score (nSPS) is 15.2. The third-order valence-electron chi connectivity index (χ3n) is 4.88. The van der Waals surface area contributed by atoms with Crippen LogP contribution in [0, 0.1) is 6.92 Å². The van der Waals surface area contributed by atoms with Crippen molar-refractivity contribution in [2.24, 2.45) is 0 Å². The van der Waals surface area contributed by atoms with Gasteiger partial charge in [0.1, 0.15) is 5.75 Å². The van der Waals surface area contributed by atoms with Crippen LogP contribution < -0.4 is 10.1 Å². The van der Waals surface area contributed by atoms with Gasteiger partial charge in [0.15, 0.2) is 0 Å². The van der Waals surface area contributed by atoms with Crippen molar-refractivity contribution >= 4 is 22.5 Å². The number of hydrogen-bond acceptors (Lipinski definition) is 2. The number of rotatable bonds is 4. The van der Waals surface area contributed by atoms with Gasteiger partial charge in [-0.05, 0) is 43.5 Å². The highest BCUT2D eigenvalue weighted by molar-refractivity contribution is 6.05. The first kappa shape index (κ1) is 14.8. The van der Waals surface area contributed by atoms with Crippen molar-refractivity contribution in [1.82, 2.24) is 4.98 Å². The maximum atomic E-state index is 13.0. The molecule has 0 aliphatic heterocycles. The topological polar surface area (TPSA) is 54.1 Å². The lowest BCUT2D eigenvalue weighted by Crippen LogP contribution is -2.28. The first-order valence-corrected chi connectivity index (χ1v) is 8.17. The predicted octanol–water partition coefficient (Wildman–Crippen LogP) is 4.16. The molecule has 24 heavy (non-hydrogen) atoms. The van der Waals surface area contributed by atoms with Crippen molar-refractivity contribution in [3.05, 3.63) is 59.8 Å². The number of benzene rings is 2. The summed E-state index contributed by atoms with van der Waals surface area (Å²) in [4.78, 5) is 16.4. The second-order valence-corrected chi connectivity index (χ2v) is 6.44. The van der Waals surface area contributed by atoms with Crippen LogP contribution in [0.15, 0.2) is 48.5 Å². The SMILES string of the molecule is COc1cccc(NC(=O)C2(c3c(C)[nH]c4ccccc34)CC2)c1. The van der Waals surface area contributed by atoms with Crippen LogP contribution in [0.1, 0.15) is 24.1 Å². The van der Waals surface area contributed by atoms with Crippen LogP contribution >= 0.6 is 0 Å². The fraction of sp³-hybridized carbons (Fsp3) is 0.250. The molecular weight excluding hydrogens is 300 g/mol. The number of nitrogens with one attached hydrogen (secondary N) is 2. The summed E-state index contributed by atoms with van der Waals surface area (Å²) in [5, 5.41) is 4.21. The highest BCUT2D eigenvalue weighted by Crippen LogP contribution is 2.52. The number of carbonyl (C=O) groups is 1. The van der Waals surface area contributed by atoms with Crippen LogP contribution in [0.5, 0.6) is 5.75 Å². The highest BCUT2D eigenvalue weighted by atomic mass is 16.5. The third kappa shape index (κ3) is 2.26. The molecule has 0 saturated heterocycles. The van der Waals surface area contributed by atoms with Gasteiger partial charge < -0.3 is 15.0 Å². The number of amides is 1. The van der Waals surface area contributed by atoms with Gasteiger partial charge in [0, 0.05) is 28.4 Å². The lowest BCUT2D eigenvalue weighted by atomic mass is 9.92. The molecule has 1 aliphatic rings. The molecule has 3 aromatic rings. The minimum absolute atomic E-state index is 0.0589. The van der Waals surface area contributed by atoms with Crippen LogP contribution in [0.25, 0.3) is 10.9 Å². The molecule has 4 rings (SSSR count). The fourth-order valence-corrected chi connectivity index (χ4v) is 3.56. The molecule has 0 bridgehead atoms. The Balaban J connectivity index is 1.69. The van der Waals surface area contributed by atoms with Gasteiger partial charge in [-0.1, -0.05) is 24.3 Å². The van der Waals surface area contributed by atoms with Gasteiger partial charge in [-0.25, -0.2) is 0 Å². The average Bonchev–Trinajstić information content (AvgIpc) is 3.32. The van der Waals surface area contributed by atoms with Crippen LogP contribution in [0.3, 0.4) is 0 Å². The lowest BCUT2D eigenvalue weighted by molar-refractivity contribution is -0.118. The number of anilines is 1. The molecule has 0 spiro atoms. The Kier molecular flexibility index (Phi) is 3.34. The molecule has 2 N–H and O–H groups in total. The van der Waals surface area contributed by atoms with Gasteiger partial charge in [0.2, 0.25) is 5.91 Å². The molecule has 1 heterocycles. The molecule has 0 atom stereocenters. The number of fused-ring (bicyclic) bond motifs is 1. The Morgan fingerprint density at radius 3 is 2.71 bits per heavy atom. The summed E-state index contributed by atoms with van der Waals surface area (Å²) in [5.41, 5.74) is 3.65. The number of aromatic nitrogens is 1. The van der Waals surface area contributed by atoms with E-state index in [0.717, 1.165) is 46.4 Å². The van der Waals surface area contributed by atoms with Crippen molar-refractivity contribution in [2.75, 3.05) is 12.4 Å². The molecule has 0 unspecified atom stereocenters. The predicted molar refractivity (Wildman–Crippen MR) is 95.6 cm³/mol. The van der Waals surface area contributed by atoms with E-state index in [0.29, 0.717) is 0 Å². The van der Waals surface area contributed by atoms with Gasteiger partial charge in [-0.15, -0.1) is 0 Å². The fourth-order valence-electron chi connectivity index (χ4n) is 3.56. The van der Waals surface area contributed by atoms with E-state index in [4.69, 9.17) is 4.74 Å². The van der Waals surface area contributed by atoms with Crippen molar-refractivity contribution in [1.29, 1.82) is 0 Å². The molecule has 122 valence electrons. The number of ether oxygens (including phenoxy) is 1. The average molecular weight is 320 g/mol. The van der Waals surface area contributed by atoms with E-state index in [-0.39, 0.29) is 5.91 Å². The quantitative estimate of drug-likeness (QED) is 0.758. The monoisotopic (exact) mass is 320 g/mol. The standard InChI is InChI=1S/C20H20N2O2/c1-13-18(16-8-3-4-9-17(16)21-13)20(10-11-20)19(23)22-14-6-5-7-15(12-14)24-2/h3-9,12,21H,10-11H2,1-2H3,(H,22,23). The van der Waals surface area contributed by atoms with Crippen molar-refractivity contribution in [3.63, 3.8) is 0 Å². The molecule has 4 nitrogen and oxygen atoms in total. The van der Waals surface area contributed by atoms with E-state index in [9.17, 15) is 4.79 Å². The minimum atomic E-state index is -0.424. The van der Waals surface area contributed by atoms with Crippen LogP contribution in [0.2, 0.25) is 0 Å². The number of H-pyrrole nitrogens is 1. The summed E-state index contributed by atoms with van der Waals surface area (Å²) in [6, 6.07) is 15.7. The lowest BCUT2D eigenvalue weighted by Gasteiger charge is -2.17. The molecule has 1 fully saturated rings. The number of hydrogen-bond donors (Lipinski definition) is 2. The molecule has 1 amide bonds. The third-order valence-corrected chi connectivity index (χ3v) is 4.88. The Morgan fingerprint density at radius 1 is 1.17 bits per heavy atom. The van der Waals surface area contributed by atoms with Gasteiger partial charge in [-0.2, -0.15) is 0 Å². The molecule has 0 radical (unpaired) electrons. The van der Waals surface area contributed by atoms with Crippen LogP contribution in [0.4, 0.5) is 5.69 Å². The summed E-state index contributed by atoms with van der Waals surface area (Å²) in [7, 11) is 1.62. The van der Waals surface area contributed by atoms with Crippen molar-refractivity contribution < 1.29 is 9.53 Å². The second kappa shape index (κ2) is 5.41. The van der Waals surface area contributed by atoms with E-state index in [1.54, 1.807) is 7.11 Å². The zero-order valence-electron chi connectivity index (χ0n) is 13.8. The molecular formula is C20H20N2O2. The molecule has 4 heteroatoms. The summed E-state index contributed by atoms with van der Waals surface area (Å²) in [6.45, 7) is 2.05. The van der Waals surface area contributed by atoms with Crippen LogP contribution in [-0.2, 0) is 10.2 Å². The van der Waals surface area contributed by atoms with Crippen molar-refractivity contribution in [2.45, 2.75) is 25.2 Å². The summed E-state index contributed by atoms with van der Waals surface area (Å²) >= 11 is 0. The first-order valence-electron chi connectivity index (χ1n) is 8.17. The Hall–Kier alpha value is -2.75. The molecule has 1 saturated carbocycles. The Morgan fingerprint density at radius 2 is 1.96 bits per heavy atom. The molecule has 1 aromatic heterocycles. The van der Waals surface area contributed by atoms with Crippen molar-refractivity contribution in [3.8, 4) is 5.75 Å². The summed E-state index contributed by atoms with van der Waals surface area (Å²) < 4.78 is 5.23. The van der Waals surface area contributed by atoms with Gasteiger partial charge in [-0.3, -0.25) is 4.79 Å². The molecule has 1 aliphatic carbocycles. The zero-order chi connectivity index (χ0) is 16.7. The number of methoxy groups -OCH3 is 1. The smallest absolute Gasteiger partial charge is 0.235 e. The number of carbonyl (C=O) groups excluding carboxylic acids is 1. The minimum Gasteiger partial charge on any atom is -0.497 e. The number of aromatic amines is 1. The highest BCUT2D eigenvalue weighted by Gasteiger charge is 2.53. The first-order chi connectivity index (χ1) is 11.6. The van der Waals surface area contributed by atoms with E-state index in [1.807, 2.05) is 43.3 Å². The summed E-state index contributed by atoms with van der Waals surface area (Å²) in [5.74, 6) is 0.796. The zero-order valence-corrected chi connectivity index (χ0v) is 13.8. The maximum Gasteiger partial charge on any atom is 0.235 e.